The summed E-state index contributed by atoms with van der Waals surface area (Å²) in [5.74, 6) is -8.35. The molecule has 0 unspecified atom stereocenters. The van der Waals surface area contributed by atoms with E-state index in [1.54, 1.807) is 142 Å². The van der Waals surface area contributed by atoms with Gasteiger partial charge in [0.25, 0.3) is 14.2 Å². The van der Waals surface area contributed by atoms with E-state index in [9.17, 15) is 9.59 Å². The first kappa shape index (κ1) is 87.2. The number of esters is 2. The Kier molecular flexibility index (Phi) is 28.3. The van der Waals surface area contributed by atoms with Crippen LogP contribution >= 0.6 is 11.6 Å². The summed E-state index contributed by atoms with van der Waals surface area (Å²) in [5.41, 5.74) is 3.05. The minimum absolute atomic E-state index is 0.0136. The molecular weight excluding hydrogens is 1540 g/mol. The van der Waals surface area contributed by atoms with Crippen LogP contribution in [0, 0.1) is 5.92 Å². The summed E-state index contributed by atoms with van der Waals surface area (Å²) in [7, 11) is -2.64. The van der Waals surface area contributed by atoms with Gasteiger partial charge in [0, 0.05) is 5.92 Å². The molecule has 1 aliphatic carbocycles. The third kappa shape index (κ3) is 21.4. The third-order valence-corrected chi connectivity index (χ3v) is 25.9. The first-order valence-electron chi connectivity index (χ1n) is 39.7. The second-order valence-corrected chi connectivity index (χ2v) is 37.6. The first-order chi connectivity index (χ1) is 56.8. The SMILES string of the molecule is CC(C)C[C@H](NC(=O)OC(C)(C)C)C(=O)N[C@H](C)C(=O)N[C@H](C(=O)O[C@H](C(=O)NC(c1ccccc1)(c1ccccc1)c1ccccc1)[C@H](NC(=O)[C@H](CC(=O)NC(c1ccccc1)(c1ccccc1)c1ccccc1)NC(=O)OCC1c2ccccc2-c2ccccc21)C(=O)OCc1ccccc1)c1ccc(O[Si](C)(C)C(C)(C)C)c(Cl)c1. The average Bonchev–Trinajstić information content (AvgIpc) is 1.74. The topological polar surface area (TPSA) is 284 Å². The van der Waals surface area contributed by atoms with Gasteiger partial charge in [0.2, 0.25) is 29.7 Å². The molecule has 0 aliphatic heterocycles. The lowest BCUT2D eigenvalue weighted by atomic mass is 9.76. The molecule has 11 rings (SSSR count). The van der Waals surface area contributed by atoms with Crippen LogP contribution in [0.25, 0.3) is 11.1 Å². The summed E-state index contributed by atoms with van der Waals surface area (Å²) < 4.78 is 31.2. The molecule has 0 fully saturated rings. The first-order valence-corrected chi connectivity index (χ1v) is 43.0. The average molecular weight is 1640 g/mol. The number of amides is 7. The van der Waals surface area contributed by atoms with E-state index in [4.69, 9.17) is 35.0 Å². The van der Waals surface area contributed by atoms with Gasteiger partial charge in [0.1, 0.15) is 53.8 Å². The maximum absolute atomic E-state index is 17.0. The van der Waals surface area contributed by atoms with E-state index in [1.807, 2.05) is 187 Å². The number of nitrogens with one attached hydrogen (secondary N) is 7. The Morgan fingerprint density at radius 1 is 0.445 bits per heavy atom. The third-order valence-electron chi connectivity index (χ3n) is 21.2. The molecule has 7 amide bonds. The van der Waals surface area contributed by atoms with Gasteiger partial charge in [-0.05, 0) is 137 Å². The van der Waals surface area contributed by atoms with Gasteiger partial charge in [0.15, 0.2) is 12.1 Å². The molecule has 119 heavy (non-hydrogen) atoms. The van der Waals surface area contributed by atoms with Gasteiger partial charge in [-0.25, -0.2) is 19.2 Å². The molecule has 1 aliphatic rings. The molecule has 0 bridgehead atoms. The van der Waals surface area contributed by atoms with Crippen LogP contribution in [-0.4, -0.2) is 104 Å². The maximum Gasteiger partial charge on any atom is 0.408 e. The van der Waals surface area contributed by atoms with Crippen LogP contribution in [0.3, 0.4) is 0 Å². The zero-order valence-electron chi connectivity index (χ0n) is 68.6. The van der Waals surface area contributed by atoms with E-state index in [1.165, 1.54) is 25.1 Å². The van der Waals surface area contributed by atoms with Crippen molar-refractivity contribution >= 4 is 73.6 Å². The van der Waals surface area contributed by atoms with Crippen LogP contribution in [0.5, 0.6) is 5.75 Å². The molecule has 616 valence electrons. The van der Waals surface area contributed by atoms with Gasteiger partial charge in [-0.3, -0.25) is 24.0 Å². The van der Waals surface area contributed by atoms with Gasteiger partial charge in [0.05, 0.1) is 11.4 Å². The Morgan fingerprint density at radius 3 is 1.32 bits per heavy atom. The molecule has 6 atom stereocenters. The van der Waals surface area contributed by atoms with Crippen LogP contribution in [-0.2, 0) is 70.2 Å². The zero-order chi connectivity index (χ0) is 85.2. The summed E-state index contributed by atoms with van der Waals surface area (Å²) >= 11 is 7.21. The van der Waals surface area contributed by atoms with Gasteiger partial charge >= 0.3 is 24.1 Å². The van der Waals surface area contributed by atoms with Gasteiger partial charge in [-0.2, -0.15) is 0 Å². The fourth-order valence-electron chi connectivity index (χ4n) is 14.3. The molecule has 0 aromatic heterocycles. The summed E-state index contributed by atoms with van der Waals surface area (Å²) in [6.45, 7) is 19.4. The van der Waals surface area contributed by atoms with E-state index in [0.717, 1.165) is 22.3 Å². The molecule has 0 heterocycles. The number of carbonyl (C=O) groups is 9. The predicted molar refractivity (Wildman–Crippen MR) is 460 cm³/mol. The molecular formula is C96H102ClN7O14Si. The number of fused-ring (bicyclic) bond motifs is 3. The molecule has 7 N–H and O–H groups in total. The van der Waals surface area contributed by atoms with Crippen molar-refractivity contribution in [2.75, 3.05) is 6.61 Å². The molecule has 21 nitrogen and oxygen atoms in total. The Balaban J connectivity index is 1.06. The second kappa shape index (κ2) is 38.6. The maximum atomic E-state index is 17.0. The molecule has 10 aromatic rings. The number of alkyl carbamates (subject to hydrolysis) is 2. The van der Waals surface area contributed by atoms with Crippen molar-refractivity contribution in [2.45, 2.75) is 159 Å². The molecule has 10 aromatic carbocycles. The Hall–Kier alpha value is -12.7. The number of hydrogen-bond donors (Lipinski definition) is 7. The summed E-state index contributed by atoms with van der Waals surface area (Å²) in [4.78, 5) is 140. The summed E-state index contributed by atoms with van der Waals surface area (Å²) in [6.07, 6.45) is -5.41. The number of ether oxygens (including phenoxy) is 4. The largest absolute Gasteiger partial charge is 0.543 e. The van der Waals surface area contributed by atoms with Crippen molar-refractivity contribution in [3.8, 4) is 16.9 Å². The second-order valence-electron chi connectivity index (χ2n) is 32.4. The highest BCUT2D eigenvalue weighted by atomic mass is 35.5. The lowest BCUT2D eigenvalue weighted by Crippen LogP contribution is -2.63. The number of carbonyl (C=O) groups excluding carboxylic acids is 9. The minimum Gasteiger partial charge on any atom is -0.543 e. The van der Waals surface area contributed by atoms with Crippen molar-refractivity contribution in [1.82, 2.24) is 37.2 Å². The number of rotatable bonds is 32. The quantitative estimate of drug-likeness (QED) is 0.00894. The predicted octanol–water partition coefficient (Wildman–Crippen LogP) is 16.0. The van der Waals surface area contributed by atoms with Crippen LogP contribution in [0.4, 0.5) is 9.59 Å². The fourth-order valence-corrected chi connectivity index (χ4v) is 15.7. The van der Waals surface area contributed by atoms with E-state index in [-0.39, 0.29) is 40.3 Å². The fraction of sp³-hybridized carbons (Fsp3) is 0.281. The molecule has 0 saturated carbocycles. The highest BCUT2D eigenvalue weighted by Gasteiger charge is 2.49. The molecule has 0 saturated heterocycles. The standard InChI is InChI=1S/C96H102ClN7O14Si/c1-62(2)57-78(100-92(113)117-93(4,5)6)86(107)98-63(3)85(106)101-82(65-55-56-80(77(97)58-65)118-119(10,11)94(7,8)9)90(111)116-84(88(109)104-96(69-45-27-16-28-46-69,70-47-29-17-30-48-70)71-49-31-18-32-50-71)83(89(110)114-60-64-37-19-12-20-38-64)102-87(108)79(99-91(112)115-61-76-74-53-35-33-51-72(74)73-52-34-36-54-75(73)76)59-81(105)103-95(66-39-21-13-22-40-66,67-41-23-14-24-42-67)68-43-25-15-26-44-68/h12-56,58,62-63,76,78-79,82-84H,57,59-61H2,1-11H3,(H,98,107)(H,99,112)(H,100,113)(H,101,106)(H,102,108)(H,103,105)(H,104,109)/t63-,78+,79+,82+,83+,84+/m1/s1. The van der Waals surface area contributed by atoms with Crippen LogP contribution in [0.2, 0.25) is 23.2 Å². The normalized spacial score (nSPS) is 13.7. The highest BCUT2D eigenvalue weighted by molar-refractivity contribution is 6.74. The number of benzene rings is 10. The van der Waals surface area contributed by atoms with Gasteiger partial charge in [-0.1, -0.05) is 313 Å². The minimum atomic E-state index is -2.64. The summed E-state index contributed by atoms with van der Waals surface area (Å²) in [6, 6.07) is 73.1. The zero-order valence-corrected chi connectivity index (χ0v) is 70.4. The van der Waals surface area contributed by atoms with E-state index in [2.05, 4.69) is 37.2 Å². The van der Waals surface area contributed by atoms with E-state index in [0.29, 0.717) is 38.9 Å². The molecule has 0 spiro atoms. The monoisotopic (exact) mass is 1640 g/mol. The Morgan fingerprint density at radius 2 is 0.874 bits per heavy atom. The Labute approximate surface area is 701 Å². The summed E-state index contributed by atoms with van der Waals surface area (Å²) in [5, 5.41) is 19.5. The van der Waals surface area contributed by atoms with Crippen LogP contribution < -0.4 is 41.6 Å². The van der Waals surface area contributed by atoms with E-state index < -0.39 is 134 Å². The van der Waals surface area contributed by atoms with Crippen molar-refractivity contribution in [1.29, 1.82) is 0 Å². The number of halogens is 1. The Bertz CT molecular complexity index is 4960. The number of hydrogen-bond acceptors (Lipinski definition) is 14. The van der Waals surface area contributed by atoms with Crippen molar-refractivity contribution in [2.24, 2.45) is 5.92 Å². The molecule has 0 radical (unpaired) electrons. The van der Waals surface area contributed by atoms with Crippen LogP contribution in [0.15, 0.2) is 279 Å². The van der Waals surface area contributed by atoms with Gasteiger partial charge < -0.3 is 60.6 Å². The van der Waals surface area contributed by atoms with Crippen molar-refractivity contribution in [3.05, 3.63) is 340 Å². The van der Waals surface area contributed by atoms with Crippen molar-refractivity contribution in [3.63, 3.8) is 0 Å². The van der Waals surface area contributed by atoms with Crippen molar-refractivity contribution < 1.29 is 66.5 Å². The smallest absolute Gasteiger partial charge is 0.408 e. The highest BCUT2D eigenvalue weighted by Crippen LogP contribution is 2.46. The lowest BCUT2D eigenvalue weighted by molar-refractivity contribution is -0.168. The van der Waals surface area contributed by atoms with Crippen LogP contribution in [0.1, 0.15) is 143 Å². The van der Waals surface area contributed by atoms with E-state index >= 15 is 33.6 Å². The molecule has 23 heteroatoms. The lowest BCUT2D eigenvalue weighted by Gasteiger charge is -2.39. The van der Waals surface area contributed by atoms with Gasteiger partial charge in [-0.15, -0.1) is 0 Å².